The topological polar surface area (TPSA) is 50.3 Å². The number of hydrogen-bond acceptors (Lipinski definition) is 4. The molecule has 4 nitrogen and oxygen atoms in total. The second-order valence-corrected chi connectivity index (χ2v) is 5.67. The molecule has 3 rings (SSSR count). The summed E-state index contributed by atoms with van der Waals surface area (Å²) in [4.78, 5) is 29.8. The molecule has 0 bridgehead atoms. The Bertz CT molecular complexity index is 602. The van der Waals surface area contributed by atoms with Gasteiger partial charge in [-0.15, -0.1) is 11.3 Å². The highest BCUT2D eigenvalue weighted by Gasteiger charge is 2.34. The molecule has 0 N–H and O–H groups in total. The number of rotatable bonds is 5. The molecule has 2 amide bonds. The van der Waals surface area contributed by atoms with Crippen LogP contribution in [0.1, 0.15) is 38.6 Å². The van der Waals surface area contributed by atoms with Crippen molar-refractivity contribution in [2.75, 3.05) is 6.54 Å². The number of amides is 2. The largest absolute Gasteiger partial charge is 0.274 e. The van der Waals surface area contributed by atoms with Crippen molar-refractivity contribution in [2.24, 2.45) is 0 Å². The first-order valence-electron chi connectivity index (χ1n) is 6.61. The lowest BCUT2D eigenvalue weighted by Crippen LogP contribution is -2.30. The number of carbonyl (C=O) groups is 2. The number of hydrogen-bond donors (Lipinski definition) is 0. The summed E-state index contributed by atoms with van der Waals surface area (Å²) in [6.45, 7) is 0.484. The van der Waals surface area contributed by atoms with E-state index < -0.39 is 0 Å². The molecule has 2 aromatic rings. The fourth-order valence-corrected chi connectivity index (χ4v) is 3.03. The molecule has 0 fully saturated rings. The third kappa shape index (κ3) is 2.36. The SMILES string of the molecule is O=C1c2ccccc2C(=O)N1CCCCc1nccs1. The van der Waals surface area contributed by atoms with Crippen molar-refractivity contribution in [2.45, 2.75) is 19.3 Å². The molecule has 5 heteroatoms. The first kappa shape index (κ1) is 13.0. The molecule has 0 saturated heterocycles. The predicted molar refractivity (Wildman–Crippen MR) is 76.9 cm³/mol. The van der Waals surface area contributed by atoms with E-state index in [4.69, 9.17) is 0 Å². The number of benzene rings is 1. The molecule has 1 aliphatic heterocycles. The average Bonchev–Trinajstić information content (AvgIpc) is 3.06. The fourth-order valence-electron chi connectivity index (χ4n) is 2.36. The van der Waals surface area contributed by atoms with Gasteiger partial charge in [0, 0.05) is 18.1 Å². The van der Waals surface area contributed by atoms with Crippen LogP contribution in [0.2, 0.25) is 0 Å². The molecule has 2 heterocycles. The number of nitrogens with zero attached hydrogens (tertiary/aromatic N) is 2. The Morgan fingerprint density at radius 2 is 1.75 bits per heavy atom. The molecule has 0 radical (unpaired) electrons. The number of unbranched alkanes of at least 4 members (excludes halogenated alkanes) is 1. The van der Waals surface area contributed by atoms with E-state index in [1.807, 2.05) is 5.38 Å². The Morgan fingerprint density at radius 1 is 1.05 bits per heavy atom. The summed E-state index contributed by atoms with van der Waals surface area (Å²) in [7, 11) is 0. The molecular formula is C15H14N2O2S. The van der Waals surface area contributed by atoms with E-state index in [2.05, 4.69) is 4.98 Å². The zero-order chi connectivity index (χ0) is 13.9. The summed E-state index contributed by atoms with van der Waals surface area (Å²) in [6.07, 6.45) is 4.44. The molecule has 1 aliphatic rings. The molecule has 102 valence electrons. The standard InChI is InChI=1S/C15H14N2O2S/c18-14-11-5-1-2-6-12(11)15(19)17(14)9-4-3-7-13-16-8-10-20-13/h1-2,5-6,8,10H,3-4,7,9H2. The third-order valence-electron chi connectivity index (χ3n) is 3.38. The second kappa shape index (κ2) is 5.54. The predicted octanol–water partition coefficient (Wildman–Crippen LogP) is 2.76. The Hall–Kier alpha value is -2.01. The fraction of sp³-hybridized carbons (Fsp3) is 0.267. The Kier molecular flexibility index (Phi) is 3.60. The lowest BCUT2D eigenvalue weighted by molar-refractivity contribution is 0.0652. The molecule has 0 unspecified atom stereocenters. The summed E-state index contributed by atoms with van der Waals surface area (Å²) in [5, 5.41) is 3.06. The van der Waals surface area contributed by atoms with Gasteiger partial charge in [0.15, 0.2) is 0 Å². The molecule has 0 atom stereocenters. The second-order valence-electron chi connectivity index (χ2n) is 4.69. The molecule has 1 aromatic heterocycles. The maximum atomic E-state index is 12.1. The highest BCUT2D eigenvalue weighted by Crippen LogP contribution is 2.22. The Labute approximate surface area is 121 Å². The molecule has 0 saturated carbocycles. The Morgan fingerprint density at radius 3 is 2.35 bits per heavy atom. The minimum atomic E-state index is -0.167. The van der Waals surface area contributed by atoms with Crippen LogP contribution >= 0.6 is 11.3 Å². The first-order valence-corrected chi connectivity index (χ1v) is 7.49. The van der Waals surface area contributed by atoms with Crippen molar-refractivity contribution in [3.63, 3.8) is 0 Å². The van der Waals surface area contributed by atoms with Crippen molar-refractivity contribution >= 4 is 23.2 Å². The number of imide groups is 1. The van der Waals surface area contributed by atoms with Crippen molar-refractivity contribution in [1.82, 2.24) is 9.88 Å². The number of carbonyl (C=O) groups excluding carboxylic acids is 2. The van der Waals surface area contributed by atoms with Crippen molar-refractivity contribution in [3.8, 4) is 0 Å². The summed E-state index contributed by atoms with van der Waals surface area (Å²) in [5.41, 5.74) is 1.05. The van der Waals surface area contributed by atoms with Gasteiger partial charge in [-0.1, -0.05) is 12.1 Å². The maximum absolute atomic E-state index is 12.1. The average molecular weight is 286 g/mol. The van der Waals surface area contributed by atoms with Gasteiger partial charge >= 0.3 is 0 Å². The van der Waals surface area contributed by atoms with Crippen LogP contribution in [0.15, 0.2) is 35.8 Å². The number of thiazole rings is 1. The van der Waals surface area contributed by atoms with E-state index in [-0.39, 0.29) is 11.8 Å². The van der Waals surface area contributed by atoms with Gasteiger partial charge < -0.3 is 0 Å². The van der Waals surface area contributed by atoms with Gasteiger partial charge in [0.05, 0.1) is 16.1 Å². The minimum Gasteiger partial charge on any atom is -0.274 e. The molecule has 1 aromatic carbocycles. The van der Waals surface area contributed by atoms with Crippen molar-refractivity contribution in [3.05, 3.63) is 52.0 Å². The lowest BCUT2D eigenvalue weighted by atomic mass is 10.1. The van der Waals surface area contributed by atoms with Crippen LogP contribution in [-0.4, -0.2) is 28.2 Å². The van der Waals surface area contributed by atoms with E-state index in [0.29, 0.717) is 17.7 Å². The molecule has 20 heavy (non-hydrogen) atoms. The maximum Gasteiger partial charge on any atom is 0.261 e. The van der Waals surface area contributed by atoms with Gasteiger partial charge in [-0.05, 0) is 31.4 Å². The normalized spacial score (nSPS) is 13.9. The van der Waals surface area contributed by atoms with Crippen molar-refractivity contribution < 1.29 is 9.59 Å². The number of fused-ring (bicyclic) bond motifs is 1. The third-order valence-corrected chi connectivity index (χ3v) is 4.22. The zero-order valence-corrected chi connectivity index (χ0v) is 11.7. The number of aryl methyl sites for hydroxylation is 1. The van der Waals surface area contributed by atoms with Gasteiger partial charge in [0.1, 0.15) is 0 Å². The minimum absolute atomic E-state index is 0.167. The van der Waals surface area contributed by atoms with E-state index in [1.165, 1.54) is 4.90 Å². The smallest absolute Gasteiger partial charge is 0.261 e. The molecule has 0 aliphatic carbocycles. The monoisotopic (exact) mass is 286 g/mol. The number of aromatic nitrogens is 1. The molecular weight excluding hydrogens is 272 g/mol. The van der Waals surface area contributed by atoms with Crippen molar-refractivity contribution in [1.29, 1.82) is 0 Å². The van der Waals surface area contributed by atoms with Crippen LogP contribution in [0.5, 0.6) is 0 Å². The van der Waals surface area contributed by atoms with Crippen LogP contribution in [-0.2, 0) is 6.42 Å². The zero-order valence-electron chi connectivity index (χ0n) is 10.9. The van der Waals surface area contributed by atoms with E-state index >= 15 is 0 Å². The van der Waals surface area contributed by atoms with Crippen LogP contribution < -0.4 is 0 Å². The van der Waals surface area contributed by atoms with Crippen LogP contribution in [0, 0.1) is 0 Å². The molecule has 0 spiro atoms. The van der Waals surface area contributed by atoms with Gasteiger partial charge in [0.25, 0.3) is 11.8 Å². The van der Waals surface area contributed by atoms with Crippen LogP contribution in [0.4, 0.5) is 0 Å². The Balaban J connectivity index is 1.57. The van der Waals surface area contributed by atoms with E-state index in [1.54, 1.807) is 41.8 Å². The van der Waals surface area contributed by atoms with Crippen LogP contribution in [0.3, 0.4) is 0 Å². The summed E-state index contributed by atoms with van der Waals surface area (Å²) < 4.78 is 0. The first-order chi connectivity index (χ1) is 9.77. The van der Waals surface area contributed by atoms with Crippen LogP contribution in [0.25, 0.3) is 0 Å². The van der Waals surface area contributed by atoms with Gasteiger partial charge in [-0.25, -0.2) is 4.98 Å². The highest BCUT2D eigenvalue weighted by molar-refractivity contribution is 7.09. The van der Waals surface area contributed by atoms with E-state index in [0.717, 1.165) is 24.3 Å². The highest BCUT2D eigenvalue weighted by atomic mass is 32.1. The summed E-state index contributed by atoms with van der Waals surface area (Å²) >= 11 is 1.64. The van der Waals surface area contributed by atoms with Gasteiger partial charge in [-0.2, -0.15) is 0 Å². The quantitative estimate of drug-likeness (QED) is 0.627. The van der Waals surface area contributed by atoms with Gasteiger partial charge in [0.2, 0.25) is 0 Å². The summed E-state index contributed by atoms with van der Waals surface area (Å²) in [6, 6.07) is 7.00. The summed E-state index contributed by atoms with van der Waals surface area (Å²) in [5.74, 6) is -0.334. The van der Waals surface area contributed by atoms with Gasteiger partial charge in [-0.3, -0.25) is 14.5 Å². The van der Waals surface area contributed by atoms with E-state index in [9.17, 15) is 9.59 Å². The lowest BCUT2D eigenvalue weighted by Gasteiger charge is -2.13.